The van der Waals surface area contributed by atoms with E-state index in [0.29, 0.717) is 11.5 Å². The summed E-state index contributed by atoms with van der Waals surface area (Å²) in [5.74, 6) is 0.688. The minimum absolute atomic E-state index is 0.238. The van der Waals surface area contributed by atoms with Gasteiger partial charge in [0, 0.05) is 10.9 Å². The van der Waals surface area contributed by atoms with E-state index in [0.717, 1.165) is 43.8 Å². The standard InChI is InChI=1S/C27H45NO4S/c1-4-6-12-20-30-27(3,31-21-13-7-5-2)22-33-25-18-16-24(17-19-25)32-26(29)28-23-14-10-8-9-11-15-23/h16-19,23H,4-15,20-22H2,1-3H3,(H,28,29). The van der Waals surface area contributed by atoms with Gasteiger partial charge in [-0.15, -0.1) is 11.8 Å². The van der Waals surface area contributed by atoms with Gasteiger partial charge in [-0.2, -0.15) is 0 Å². The van der Waals surface area contributed by atoms with Crippen LogP contribution in [0.25, 0.3) is 0 Å². The van der Waals surface area contributed by atoms with Gasteiger partial charge in [0.25, 0.3) is 0 Å². The van der Waals surface area contributed by atoms with Crippen LogP contribution in [0.15, 0.2) is 29.2 Å². The maximum Gasteiger partial charge on any atom is 0.412 e. The summed E-state index contributed by atoms with van der Waals surface area (Å²) in [5, 5.41) is 3.02. The van der Waals surface area contributed by atoms with E-state index in [4.69, 9.17) is 14.2 Å². The highest BCUT2D eigenvalue weighted by Crippen LogP contribution is 2.28. The van der Waals surface area contributed by atoms with Crippen LogP contribution in [-0.4, -0.2) is 36.9 Å². The third-order valence-electron chi connectivity index (χ3n) is 6.02. The zero-order valence-electron chi connectivity index (χ0n) is 21.0. The molecule has 0 unspecified atom stereocenters. The Bertz CT molecular complexity index is 632. The van der Waals surface area contributed by atoms with Crippen molar-refractivity contribution < 1.29 is 19.0 Å². The molecule has 1 aromatic carbocycles. The summed E-state index contributed by atoms with van der Waals surface area (Å²) in [6, 6.07) is 7.94. The molecule has 1 saturated carbocycles. The molecular formula is C27H45NO4S. The molecule has 0 heterocycles. The van der Waals surface area contributed by atoms with E-state index in [1.807, 2.05) is 31.2 Å². The number of thioether (sulfide) groups is 1. The first-order chi connectivity index (χ1) is 16.0. The Hall–Kier alpha value is -1.24. The number of ether oxygens (including phenoxy) is 3. The second-order valence-corrected chi connectivity index (χ2v) is 10.3. The minimum atomic E-state index is -0.597. The normalized spacial score (nSPS) is 15.2. The number of carbonyl (C=O) groups is 1. The summed E-state index contributed by atoms with van der Waals surface area (Å²) in [5.41, 5.74) is 0. The van der Waals surface area contributed by atoms with E-state index in [1.54, 1.807) is 11.8 Å². The Kier molecular flexibility index (Phi) is 13.9. The lowest BCUT2D eigenvalue weighted by atomic mass is 10.1. The van der Waals surface area contributed by atoms with Gasteiger partial charge in [-0.3, -0.25) is 0 Å². The first-order valence-corrected chi connectivity index (χ1v) is 14.0. The van der Waals surface area contributed by atoms with Crippen LogP contribution in [0.5, 0.6) is 5.75 Å². The number of rotatable bonds is 15. The summed E-state index contributed by atoms with van der Waals surface area (Å²) in [6.45, 7) is 7.89. The maximum atomic E-state index is 12.3. The molecule has 188 valence electrons. The average molecular weight is 480 g/mol. The summed E-state index contributed by atoms with van der Waals surface area (Å²) in [4.78, 5) is 13.4. The third kappa shape index (κ3) is 12.2. The molecule has 0 saturated heterocycles. The molecule has 2 rings (SSSR count). The van der Waals surface area contributed by atoms with E-state index in [1.165, 1.54) is 51.4 Å². The van der Waals surface area contributed by atoms with Crippen LogP contribution in [0.2, 0.25) is 0 Å². The topological polar surface area (TPSA) is 56.8 Å². The molecule has 0 atom stereocenters. The van der Waals surface area contributed by atoms with Gasteiger partial charge in [0.1, 0.15) is 5.75 Å². The molecule has 0 radical (unpaired) electrons. The third-order valence-corrected chi connectivity index (χ3v) is 7.30. The zero-order valence-corrected chi connectivity index (χ0v) is 21.9. The molecule has 0 bridgehead atoms. The fourth-order valence-electron chi connectivity index (χ4n) is 3.95. The van der Waals surface area contributed by atoms with E-state index in [-0.39, 0.29) is 12.1 Å². The number of carbonyl (C=O) groups excluding carboxylic acids is 1. The highest BCUT2D eigenvalue weighted by Gasteiger charge is 2.26. The predicted octanol–water partition coefficient (Wildman–Crippen LogP) is 7.72. The molecular weight excluding hydrogens is 434 g/mol. The summed E-state index contributed by atoms with van der Waals surface area (Å²) in [7, 11) is 0. The van der Waals surface area contributed by atoms with E-state index < -0.39 is 5.79 Å². The molecule has 0 spiro atoms. The molecule has 0 aromatic heterocycles. The van der Waals surface area contributed by atoms with Gasteiger partial charge in [0.15, 0.2) is 5.79 Å². The fraction of sp³-hybridized carbons (Fsp3) is 0.741. The van der Waals surface area contributed by atoms with Gasteiger partial charge in [-0.1, -0.05) is 65.2 Å². The van der Waals surface area contributed by atoms with Gasteiger partial charge < -0.3 is 19.5 Å². The van der Waals surface area contributed by atoms with E-state index in [2.05, 4.69) is 19.2 Å². The average Bonchev–Trinajstić information content (AvgIpc) is 3.08. The van der Waals surface area contributed by atoms with Gasteiger partial charge >= 0.3 is 6.09 Å². The Balaban J connectivity index is 1.81. The van der Waals surface area contributed by atoms with E-state index in [9.17, 15) is 4.79 Å². The highest BCUT2D eigenvalue weighted by atomic mass is 32.2. The number of nitrogens with one attached hydrogen (secondary N) is 1. The molecule has 1 aliphatic carbocycles. The maximum absolute atomic E-state index is 12.3. The molecule has 0 aliphatic heterocycles. The lowest BCUT2D eigenvalue weighted by Gasteiger charge is -2.30. The van der Waals surface area contributed by atoms with Crippen LogP contribution in [0, 0.1) is 0 Å². The number of unbranched alkanes of at least 4 members (excludes halogenated alkanes) is 4. The SMILES string of the molecule is CCCCCOC(C)(CSc1ccc(OC(=O)NC2CCCCCC2)cc1)OCCCCC. The smallest absolute Gasteiger partial charge is 0.410 e. The fourth-order valence-corrected chi connectivity index (χ4v) is 4.87. The Labute approximate surface area is 205 Å². The van der Waals surface area contributed by atoms with Crippen LogP contribution in [0.3, 0.4) is 0 Å². The van der Waals surface area contributed by atoms with Crippen LogP contribution in [0.4, 0.5) is 4.79 Å². The summed E-state index contributed by atoms with van der Waals surface area (Å²) < 4.78 is 17.8. The van der Waals surface area contributed by atoms with Crippen LogP contribution >= 0.6 is 11.8 Å². The minimum Gasteiger partial charge on any atom is -0.410 e. The van der Waals surface area contributed by atoms with Gasteiger partial charge in [0.05, 0.1) is 19.0 Å². The van der Waals surface area contributed by atoms with Crippen molar-refractivity contribution in [2.24, 2.45) is 0 Å². The molecule has 6 heteroatoms. The van der Waals surface area contributed by atoms with Crippen molar-refractivity contribution in [1.29, 1.82) is 0 Å². The van der Waals surface area contributed by atoms with Crippen molar-refractivity contribution in [1.82, 2.24) is 5.32 Å². The van der Waals surface area contributed by atoms with Gasteiger partial charge in [0.2, 0.25) is 0 Å². The Morgan fingerprint density at radius 1 is 0.939 bits per heavy atom. The molecule has 1 aliphatic rings. The first-order valence-electron chi connectivity index (χ1n) is 13.0. The van der Waals surface area contributed by atoms with Crippen molar-refractivity contribution in [3.8, 4) is 5.75 Å². The highest BCUT2D eigenvalue weighted by molar-refractivity contribution is 7.99. The van der Waals surface area contributed by atoms with Crippen molar-refractivity contribution in [2.45, 2.75) is 115 Å². The monoisotopic (exact) mass is 479 g/mol. The Morgan fingerprint density at radius 3 is 2.06 bits per heavy atom. The van der Waals surface area contributed by atoms with E-state index >= 15 is 0 Å². The first kappa shape index (κ1) is 28.0. The summed E-state index contributed by atoms with van der Waals surface area (Å²) >= 11 is 1.71. The second kappa shape index (κ2) is 16.4. The molecule has 1 aromatic rings. The lowest BCUT2D eigenvalue weighted by Crippen LogP contribution is -2.36. The number of hydrogen-bond donors (Lipinski definition) is 1. The van der Waals surface area contributed by atoms with Gasteiger partial charge in [-0.25, -0.2) is 4.79 Å². The van der Waals surface area contributed by atoms with Crippen LogP contribution in [0.1, 0.15) is 97.8 Å². The molecule has 1 amide bonds. The van der Waals surface area contributed by atoms with Gasteiger partial charge in [-0.05, 0) is 56.9 Å². The zero-order chi connectivity index (χ0) is 23.8. The number of hydrogen-bond acceptors (Lipinski definition) is 5. The number of amides is 1. The largest absolute Gasteiger partial charge is 0.412 e. The lowest BCUT2D eigenvalue weighted by molar-refractivity contribution is -0.210. The van der Waals surface area contributed by atoms with Crippen LogP contribution in [-0.2, 0) is 9.47 Å². The number of benzene rings is 1. The van der Waals surface area contributed by atoms with Crippen molar-refractivity contribution in [2.75, 3.05) is 19.0 Å². The predicted molar refractivity (Wildman–Crippen MR) is 137 cm³/mol. The second-order valence-electron chi connectivity index (χ2n) is 9.23. The Morgan fingerprint density at radius 2 is 1.52 bits per heavy atom. The summed E-state index contributed by atoms with van der Waals surface area (Å²) in [6.07, 6.45) is 13.5. The van der Waals surface area contributed by atoms with Crippen LogP contribution < -0.4 is 10.1 Å². The molecule has 33 heavy (non-hydrogen) atoms. The quantitative estimate of drug-likeness (QED) is 0.121. The molecule has 5 nitrogen and oxygen atoms in total. The van der Waals surface area contributed by atoms with Crippen molar-refractivity contribution >= 4 is 17.9 Å². The van der Waals surface area contributed by atoms with Crippen molar-refractivity contribution in [3.63, 3.8) is 0 Å². The molecule has 1 N–H and O–H groups in total. The molecule has 1 fully saturated rings. The van der Waals surface area contributed by atoms with Crippen molar-refractivity contribution in [3.05, 3.63) is 24.3 Å².